The minimum absolute atomic E-state index is 0.0180. The Bertz CT molecular complexity index is 1130. The van der Waals surface area contributed by atoms with Gasteiger partial charge in [0.25, 0.3) is 11.8 Å². The summed E-state index contributed by atoms with van der Waals surface area (Å²) in [7, 11) is 1.70. The lowest BCUT2D eigenvalue weighted by Crippen LogP contribution is -2.47. The molecule has 2 amide bonds. The molecular formula is C21H22FN7O2. The molecule has 1 N–H and O–H groups in total. The van der Waals surface area contributed by atoms with Gasteiger partial charge in [-0.25, -0.2) is 18.7 Å². The molecule has 2 aromatic heterocycles. The third-order valence-corrected chi connectivity index (χ3v) is 5.68. The lowest BCUT2D eigenvalue weighted by atomic mass is 10.2. The van der Waals surface area contributed by atoms with Crippen LogP contribution in [-0.2, 0) is 17.9 Å². The highest BCUT2D eigenvalue weighted by Crippen LogP contribution is 2.40. The number of aromatic nitrogens is 5. The van der Waals surface area contributed by atoms with Crippen LogP contribution < -0.4 is 10.2 Å². The second-order valence-electron chi connectivity index (χ2n) is 8.03. The van der Waals surface area contributed by atoms with E-state index in [1.54, 1.807) is 24.1 Å². The lowest BCUT2D eigenvalue weighted by Gasteiger charge is -2.19. The van der Waals surface area contributed by atoms with Crippen LogP contribution in [0.4, 0.5) is 10.2 Å². The number of anilines is 1. The number of hydrogen-bond donors (Lipinski definition) is 1. The van der Waals surface area contributed by atoms with Gasteiger partial charge in [0.05, 0.1) is 12.2 Å². The van der Waals surface area contributed by atoms with Crippen LogP contribution in [-0.4, -0.2) is 49.4 Å². The van der Waals surface area contributed by atoms with Crippen LogP contribution in [0.1, 0.15) is 47.1 Å². The minimum atomic E-state index is -0.687. The van der Waals surface area contributed by atoms with E-state index in [1.807, 2.05) is 10.7 Å². The van der Waals surface area contributed by atoms with E-state index >= 15 is 0 Å². The fraction of sp³-hybridized carbons (Fsp3) is 0.381. The molecule has 0 unspecified atom stereocenters. The van der Waals surface area contributed by atoms with Crippen LogP contribution >= 0.6 is 0 Å². The summed E-state index contributed by atoms with van der Waals surface area (Å²) in [5.74, 6) is 0.226. The summed E-state index contributed by atoms with van der Waals surface area (Å²) in [6, 6.07) is 7.31. The third-order valence-electron chi connectivity index (χ3n) is 5.68. The second-order valence-corrected chi connectivity index (χ2v) is 8.03. The number of carbonyl (C=O) groups is 2. The molecule has 31 heavy (non-hydrogen) atoms. The zero-order valence-electron chi connectivity index (χ0n) is 17.0. The van der Waals surface area contributed by atoms with Gasteiger partial charge in [-0.05, 0) is 37.0 Å². The highest BCUT2D eigenvalue weighted by Gasteiger charge is 2.34. The second kappa shape index (κ2) is 7.60. The number of amides is 2. The molecule has 9 nitrogen and oxygen atoms in total. The zero-order valence-corrected chi connectivity index (χ0v) is 17.0. The van der Waals surface area contributed by atoms with Crippen LogP contribution in [0.2, 0.25) is 0 Å². The number of nitrogens with one attached hydrogen (secondary N) is 1. The number of benzene rings is 1. The predicted molar refractivity (Wildman–Crippen MR) is 109 cm³/mol. The van der Waals surface area contributed by atoms with E-state index in [1.165, 1.54) is 23.1 Å². The average molecular weight is 423 g/mol. The number of carbonyl (C=O) groups excluding carboxylic acids is 2. The van der Waals surface area contributed by atoms with Gasteiger partial charge in [0.2, 0.25) is 5.82 Å². The van der Waals surface area contributed by atoms with Crippen LogP contribution in [0.3, 0.4) is 0 Å². The predicted octanol–water partition coefficient (Wildman–Crippen LogP) is 1.70. The molecule has 1 aromatic carbocycles. The molecule has 3 aromatic rings. The average Bonchev–Trinajstić information content (AvgIpc) is 3.38. The van der Waals surface area contributed by atoms with Crippen LogP contribution in [0, 0.1) is 5.82 Å². The number of aryl methyl sites for hydroxylation is 1. The van der Waals surface area contributed by atoms with Gasteiger partial charge in [0.15, 0.2) is 0 Å². The van der Waals surface area contributed by atoms with Crippen molar-refractivity contribution in [3.63, 3.8) is 0 Å². The quantitative estimate of drug-likeness (QED) is 0.674. The highest BCUT2D eigenvalue weighted by atomic mass is 19.1. The summed E-state index contributed by atoms with van der Waals surface area (Å²) >= 11 is 0. The van der Waals surface area contributed by atoms with Crippen molar-refractivity contribution in [2.24, 2.45) is 0 Å². The molecule has 1 aliphatic carbocycles. The summed E-state index contributed by atoms with van der Waals surface area (Å²) in [5.41, 5.74) is 1.87. The van der Waals surface area contributed by atoms with Gasteiger partial charge in [-0.2, -0.15) is 5.10 Å². The number of rotatable bonds is 5. The molecule has 1 fully saturated rings. The molecule has 1 aliphatic heterocycles. The summed E-state index contributed by atoms with van der Waals surface area (Å²) in [4.78, 5) is 31.2. The number of halogens is 1. The Labute approximate surface area is 177 Å². The van der Waals surface area contributed by atoms with E-state index in [2.05, 4.69) is 20.5 Å². The van der Waals surface area contributed by atoms with Crippen LogP contribution in [0.5, 0.6) is 0 Å². The summed E-state index contributed by atoms with van der Waals surface area (Å²) in [6.07, 6.45) is 4.17. The maximum absolute atomic E-state index is 13.0. The number of hydrogen-bond acceptors (Lipinski definition) is 5. The Morgan fingerprint density at radius 2 is 1.97 bits per heavy atom. The molecule has 160 valence electrons. The molecule has 1 saturated carbocycles. The molecule has 3 heterocycles. The SMILES string of the molecule is CN1C(=O)[C@@H](NC(=O)c2ncn(Cc3ccc(F)cc3)n2)CCn2nc(C3CC3)cc21. The van der Waals surface area contributed by atoms with E-state index in [4.69, 9.17) is 0 Å². The zero-order chi connectivity index (χ0) is 21.5. The first kappa shape index (κ1) is 19.4. The Hall–Kier alpha value is -3.56. The molecular weight excluding hydrogens is 401 g/mol. The number of likely N-dealkylation sites (N-methyl/N-ethyl adjacent to an activating group) is 1. The Morgan fingerprint density at radius 1 is 1.19 bits per heavy atom. The van der Waals surface area contributed by atoms with Crippen molar-refractivity contribution >= 4 is 17.6 Å². The Kier molecular flexibility index (Phi) is 4.76. The molecule has 0 bridgehead atoms. The molecule has 1 atom stereocenters. The third kappa shape index (κ3) is 3.92. The van der Waals surface area contributed by atoms with E-state index in [9.17, 15) is 14.0 Å². The maximum atomic E-state index is 13.0. The molecule has 0 radical (unpaired) electrons. The van der Waals surface area contributed by atoms with Gasteiger partial charge >= 0.3 is 0 Å². The van der Waals surface area contributed by atoms with Gasteiger partial charge in [-0.1, -0.05) is 12.1 Å². The van der Waals surface area contributed by atoms with Crippen molar-refractivity contribution in [3.05, 3.63) is 59.6 Å². The molecule has 10 heteroatoms. The summed E-state index contributed by atoms with van der Waals surface area (Å²) in [5, 5.41) is 11.6. The molecule has 0 saturated heterocycles. The van der Waals surface area contributed by atoms with Crippen molar-refractivity contribution in [2.75, 3.05) is 11.9 Å². The van der Waals surface area contributed by atoms with E-state index < -0.39 is 11.9 Å². The number of fused-ring (bicyclic) bond motifs is 1. The fourth-order valence-electron chi connectivity index (χ4n) is 3.77. The van der Waals surface area contributed by atoms with Crippen molar-refractivity contribution in [2.45, 2.75) is 44.3 Å². The Morgan fingerprint density at radius 3 is 2.71 bits per heavy atom. The summed E-state index contributed by atoms with van der Waals surface area (Å²) in [6.45, 7) is 0.894. The first-order chi connectivity index (χ1) is 15.0. The summed E-state index contributed by atoms with van der Waals surface area (Å²) < 4.78 is 16.4. The standard InChI is InChI=1S/C21H22FN7O2/c1-27-18-10-17(14-4-5-14)25-29(18)9-8-16(21(27)31)24-20(30)19-23-12-28(26-19)11-13-2-6-15(22)7-3-13/h2-3,6-7,10,12,14,16H,4-5,8-9,11H2,1H3,(H,24,30)/t16-/m0/s1. The number of nitrogens with zero attached hydrogens (tertiary/aromatic N) is 6. The van der Waals surface area contributed by atoms with Crippen LogP contribution in [0.25, 0.3) is 0 Å². The van der Waals surface area contributed by atoms with Crippen molar-refractivity contribution in [1.82, 2.24) is 29.9 Å². The molecule has 5 rings (SSSR count). The van der Waals surface area contributed by atoms with Crippen molar-refractivity contribution in [3.8, 4) is 0 Å². The van der Waals surface area contributed by atoms with Gasteiger partial charge in [-0.15, -0.1) is 5.10 Å². The topological polar surface area (TPSA) is 97.9 Å². The monoisotopic (exact) mass is 423 g/mol. The first-order valence-electron chi connectivity index (χ1n) is 10.3. The fourth-order valence-corrected chi connectivity index (χ4v) is 3.77. The largest absolute Gasteiger partial charge is 0.337 e. The first-order valence-corrected chi connectivity index (χ1v) is 10.3. The van der Waals surface area contributed by atoms with E-state index in [0.717, 1.165) is 29.9 Å². The van der Waals surface area contributed by atoms with E-state index in [0.29, 0.717) is 25.4 Å². The van der Waals surface area contributed by atoms with E-state index in [-0.39, 0.29) is 17.5 Å². The minimum Gasteiger partial charge on any atom is -0.337 e. The van der Waals surface area contributed by atoms with Crippen LogP contribution in [0.15, 0.2) is 36.7 Å². The van der Waals surface area contributed by atoms with Gasteiger partial charge in [-0.3, -0.25) is 14.5 Å². The van der Waals surface area contributed by atoms with Crippen molar-refractivity contribution < 1.29 is 14.0 Å². The van der Waals surface area contributed by atoms with Gasteiger partial charge < -0.3 is 5.32 Å². The normalized spacial score (nSPS) is 18.6. The highest BCUT2D eigenvalue weighted by molar-refractivity contribution is 6.00. The molecule has 0 spiro atoms. The maximum Gasteiger partial charge on any atom is 0.291 e. The Balaban J connectivity index is 1.25. The van der Waals surface area contributed by atoms with Gasteiger partial charge in [0.1, 0.15) is 24.0 Å². The lowest BCUT2D eigenvalue weighted by molar-refractivity contribution is -0.120. The van der Waals surface area contributed by atoms with Gasteiger partial charge in [0, 0.05) is 25.6 Å². The smallest absolute Gasteiger partial charge is 0.291 e. The molecule has 2 aliphatic rings. The van der Waals surface area contributed by atoms with Crippen molar-refractivity contribution in [1.29, 1.82) is 0 Å².